The van der Waals surface area contributed by atoms with Gasteiger partial charge in [0.05, 0.1) is 29.8 Å². The van der Waals surface area contributed by atoms with Crippen molar-refractivity contribution >= 4 is 28.5 Å². The first kappa shape index (κ1) is 16.8. The smallest absolute Gasteiger partial charge is 0.291 e. The standard InChI is InChI=1S/C22H14ClNO4/c23-14-9-7-13(8-10-14)19-18-20(25)16-5-1-2-6-17(16)28-21(18)22(26)24(19)12-15-4-3-11-27-15/h1-11,19H,12H2/t19-/m1/s1. The highest BCUT2D eigenvalue weighted by atomic mass is 35.5. The maximum absolute atomic E-state index is 13.3. The quantitative estimate of drug-likeness (QED) is 0.504. The number of hydrogen-bond acceptors (Lipinski definition) is 4. The van der Waals surface area contributed by atoms with Gasteiger partial charge in [0.1, 0.15) is 11.3 Å². The van der Waals surface area contributed by atoms with Gasteiger partial charge in [0, 0.05) is 5.02 Å². The molecule has 1 amide bonds. The second-order valence-corrected chi connectivity index (χ2v) is 7.07. The SMILES string of the molecule is O=C1c2oc3ccccc3c(=O)c2[C@@H](c2ccc(Cl)cc2)N1Cc1ccco1. The van der Waals surface area contributed by atoms with Crippen LogP contribution in [0, 0.1) is 0 Å². The number of nitrogens with zero attached hydrogens (tertiary/aromatic N) is 1. The van der Waals surface area contributed by atoms with Gasteiger partial charge >= 0.3 is 0 Å². The number of para-hydroxylation sites is 1. The summed E-state index contributed by atoms with van der Waals surface area (Å²) in [6.45, 7) is 0.221. The number of benzene rings is 2. The molecule has 0 radical (unpaired) electrons. The third kappa shape index (κ3) is 2.55. The predicted molar refractivity (Wildman–Crippen MR) is 104 cm³/mol. The molecule has 3 heterocycles. The van der Waals surface area contributed by atoms with Crippen molar-refractivity contribution < 1.29 is 13.6 Å². The molecule has 2 aromatic carbocycles. The molecule has 0 N–H and O–H groups in total. The van der Waals surface area contributed by atoms with Crippen LogP contribution in [0.25, 0.3) is 11.0 Å². The Kier molecular flexibility index (Phi) is 3.84. The van der Waals surface area contributed by atoms with Crippen molar-refractivity contribution in [2.75, 3.05) is 0 Å². The lowest BCUT2D eigenvalue weighted by Gasteiger charge is -2.24. The fraction of sp³-hybridized carbons (Fsp3) is 0.0909. The number of fused-ring (bicyclic) bond motifs is 2. The van der Waals surface area contributed by atoms with Crippen LogP contribution in [-0.2, 0) is 6.54 Å². The number of furan rings is 1. The summed E-state index contributed by atoms with van der Waals surface area (Å²) in [6, 6.07) is 17.0. The highest BCUT2D eigenvalue weighted by molar-refractivity contribution is 6.30. The van der Waals surface area contributed by atoms with Gasteiger partial charge in [-0.3, -0.25) is 9.59 Å². The number of halogens is 1. The molecule has 0 bridgehead atoms. The van der Waals surface area contributed by atoms with Crippen molar-refractivity contribution in [3.8, 4) is 0 Å². The Morgan fingerprint density at radius 3 is 2.50 bits per heavy atom. The molecule has 0 spiro atoms. The first-order valence-corrected chi connectivity index (χ1v) is 9.16. The molecule has 138 valence electrons. The first-order valence-electron chi connectivity index (χ1n) is 8.78. The molecule has 0 aliphatic carbocycles. The van der Waals surface area contributed by atoms with E-state index >= 15 is 0 Å². The third-order valence-corrected chi connectivity index (χ3v) is 5.22. The van der Waals surface area contributed by atoms with Crippen molar-refractivity contribution in [2.24, 2.45) is 0 Å². The Balaban J connectivity index is 1.75. The number of carbonyl (C=O) groups is 1. The molecule has 6 heteroatoms. The van der Waals surface area contributed by atoms with Gasteiger partial charge in [-0.25, -0.2) is 0 Å². The molecule has 5 nitrogen and oxygen atoms in total. The molecular formula is C22H14ClNO4. The van der Waals surface area contributed by atoms with E-state index in [0.717, 1.165) is 5.56 Å². The average molecular weight is 392 g/mol. The molecule has 0 saturated heterocycles. The normalized spacial score (nSPS) is 16.0. The van der Waals surface area contributed by atoms with E-state index < -0.39 is 6.04 Å². The summed E-state index contributed by atoms with van der Waals surface area (Å²) < 4.78 is 11.3. The summed E-state index contributed by atoms with van der Waals surface area (Å²) in [5, 5.41) is 1.03. The number of rotatable bonds is 3. The zero-order valence-electron chi connectivity index (χ0n) is 14.6. The second kappa shape index (κ2) is 6.39. The predicted octanol–water partition coefficient (Wildman–Crippen LogP) is 4.78. The van der Waals surface area contributed by atoms with Crippen LogP contribution >= 0.6 is 11.6 Å². The summed E-state index contributed by atoms with van der Waals surface area (Å²) in [5.74, 6) is 0.363. The van der Waals surface area contributed by atoms with Crippen LogP contribution in [0.3, 0.4) is 0 Å². The van der Waals surface area contributed by atoms with Gasteiger partial charge in [-0.05, 0) is 42.0 Å². The van der Waals surface area contributed by atoms with Crippen molar-refractivity contribution in [2.45, 2.75) is 12.6 Å². The van der Waals surface area contributed by atoms with Gasteiger partial charge in [0.25, 0.3) is 5.91 Å². The Morgan fingerprint density at radius 1 is 0.964 bits per heavy atom. The van der Waals surface area contributed by atoms with E-state index in [4.69, 9.17) is 20.4 Å². The molecule has 2 aromatic heterocycles. The van der Waals surface area contributed by atoms with Crippen molar-refractivity contribution in [3.05, 3.63) is 105 Å². The lowest BCUT2D eigenvalue weighted by molar-refractivity contribution is 0.0701. The van der Waals surface area contributed by atoms with E-state index in [2.05, 4.69) is 0 Å². The van der Waals surface area contributed by atoms with E-state index in [1.807, 2.05) is 12.1 Å². The maximum Gasteiger partial charge on any atom is 0.291 e. The van der Waals surface area contributed by atoms with Crippen LogP contribution in [0.2, 0.25) is 5.02 Å². The van der Waals surface area contributed by atoms with E-state index in [9.17, 15) is 9.59 Å². The minimum Gasteiger partial charge on any atom is -0.467 e. The minimum atomic E-state index is -0.578. The van der Waals surface area contributed by atoms with Crippen LogP contribution in [0.15, 0.2) is 80.6 Å². The zero-order valence-corrected chi connectivity index (χ0v) is 15.3. The van der Waals surface area contributed by atoms with Crippen LogP contribution in [-0.4, -0.2) is 10.8 Å². The fourth-order valence-electron chi connectivity index (χ4n) is 3.69. The molecule has 1 aliphatic heterocycles. The number of amides is 1. The van der Waals surface area contributed by atoms with E-state index in [1.54, 1.807) is 59.7 Å². The number of carbonyl (C=O) groups excluding carboxylic acids is 1. The van der Waals surface area contributed by atoms with Gasteiger partial charge in [-0.1, -0.05) is 35.9 Å². The van der Waals surface area contributed by atoms with Crippen molar-refractivity contribution in [1.29, 1.82) is 0 Å². The Labute approximate surface area is 164 Å². The molecule has 0 saturated carbocycles. The minimum absolute atomic E-state index is 0.0789. The summed E-state index contributed by atoms with van der Waals surface area (Å²) in [7, 11) is 0. The Hall–Kier alpha value is -3.31. The largest absolute Gasteiger partial charge is 0.467 e. The van der Waals surface area contributed by atoms with Gasteiger partial charge in [-0.2, -0.15) is 0 Å². The highest BCUT2D eigenvalue weighted by Crippen LogP contribution is 2.39. The average Bonchev–Trinajstić information content (AvgIpc) is 3.31. The van der Waals surface area contributed by atoms with E-state index in [0.29, 0.717) is 27.3 Å². The summed E-state index contributed by atoms with van der Waals surface area (Å²) in [5.41, 5.74) is 1.32. The molecule has 4 aromatic rings. The van der Waals surface area contributed by atoms with Gasteiger partial charge < -0.3 is 13.7 Å². The van der Waals surface area contributed by atoms with E-state index in [1.165, 1.54) is 0 Å². The monoisotopic (exact) mass is 391 g/mol. The first-order chi connectivity index (χ1) is 13.6. The molecule has 5 rings (SSSR count). The molecule has 28 heavy (non-hydrogen) atoms. The zero-order chi connectivity index (χ0) is 19.3. The van der Waals surface area contributed by atoms with Crippen LogP contribution < -0.4 is 5.43 Å². The fourth-order valence-corrected chi connectivity index (χ4v) is 3.82. The number of hydrogen-bond donors (Lipinski definition) is 0. The Morgan fingerprint density at radius 2 is 1.75 bits per heavy atom. The van der Waals surface area contributed by atoms with Crippen LogP contribution in [0.4, 0.5) is 0 Å². The second-order valence-electron chi connectivity index (χ2n) is 6.64. The molecule has 0 unspecified atom stereocenters. The molecule has 0 fully saturated rings. The summed E-state index contributed by atoms with van der Waals surface area (Å²) >= 11 is 6.03. The molecule has 1 aliphatic rings. The lowest BCUT2D eigenvalue weighted by atomic mass is 9.98. The maximum atomic E-state index is 13.3. The van der Waals surface area contributed by atoms with Crippen LogP contribution in [0.1, 0.15) is 33.5 Å². The molecule has 1 atom stereocenters. The van der Waals surface area contributed by atoms with Crippen molar-refractivity contribution in [3.63, 3.8) is 0 Å². The van der Waals surface area contributed by atoms with Crippen molar-refractivity contribution in [1.82, 2.24) is 4.90 Å². The Bertz CT molecular complexity index is 1240. The van der Waals surface area contributed by atoms with Gasteiger partial charge in [0.15, 0.2) is 5.43 Å². The third-order valence-electron chi connectivity index (χ3n) is 4.97. The lowest BCUT2D eigenvalue weighted by Crippen LogP contribution is -2.29. The molecular weight excluding hydrogens is 378 g/mol. The van der Waals surface area contributed by atoms with Crippen LogP contribution in [0.5, 0.6) is 0 Å². The van der Waals surface area contributed by atoms with Gasteiger partial charge in [-0.15, -0.1) is 0 Å². The highest BCUT2D eigenvalue weighted by Gasteiger charge is 2.43. The van der Waals surface area contributed by atoms with Gasteiger partial charge in [0.2, 0.25) is 5.76 Å². The topological polar surface area (TPSA) is 63.7 Å². The summed E-state index contributed by atoms with van der Waals surface area (Å²) in [4.78, 5) is 28.1. The van der Waals surface area contributed by atoms with E-state index in [-0.39, 0.29) is 23.6 Å². The summed E-state index contributed by atoms with van der Waals surface area (Å²) in [6.07, 6.45) is 1.55.